The van der Waals surface area contributed by atoms with Crippen molar-refractivity contribution in [3.8, 4) is 0 Å². The van der Waals surface area contributed by atoms with E-state index >= 15 is 0 Å². The molecule has 0 saturated heterocycles. The Balaban J connectivity index is -0.000000320. The van der Waals surface area contributed by atoms with E-state index in [1.165, 1.54) is 0 Å². The summed E-state index contributed by atoms with van der Waals surface area (Å²) in [5.74, 6) is -3.02. The number of hydrogen-bond donors (Lipinski definition) is 0. The maximum atomic E-state index is 9.73. The van der Waals surface area contributed by atoms with E-state index in [9.17, 15) is 19.8 Å². The molecular weight excluding hydrogens is 364 g/mol. The van der Waals surface area contributed by atoms with Crippen LogP contribution < -0.4 is 39.8 Å². The van der Waals surface area contributed by atoms with Gasteiger partial charge in [-0.05, 0) is 6.42 Å². The van der Waals surface area contributed by atoms with Gasteiger partial charge in [-0.25, -0.2) is 0 Å². The molecular formula is C4H3AuNaO4S-. The summed E-state index contributed by atoms with van der Waals surface area (Å²) < 4.78 is 0. The van der Waals surface area contributed by atoms with Crippen molar-refractivity contribution in [2.45, 2.75) is 11.7 Å². The summed E-state index contributed by atoms with van der Waals surface area (Å²) in [6.45, 7) is 0. The molecule has 0 aliphatic rings. The number of carboxylic acids is 2. The topological polar surface area (TPSA) is 80.3 Å². The molecule has 0 aromatic heterocycles. The van der Waals surface area contributed by atoms with Gasteiger partial charge in [0.25, 0.3) is 0 Å². The van der Waals surface area contributed by atoms with Crippen molar-refractivity contribution in [2.24, 2.45) is 0 Å². The van der Waals surface area contributed by atoms with Gasteiger partial charge >= 0.3 is 51.9 Å². The average molecular weight is 367 g/mol. The van der Waals surface area contributed by atoms with Crippen LogP contribution in [0.4, 0.5) is 0 Å². The van der Waals surface area contributed by atoms with Crippen LogP contribution in [0, 0.1) is 0 Å². The Morgan fingerprint density at radius 3 is 1.82 bits per heavy atom. The SMILES string of the molecule is O=C([O-])CC([S-])C(=O)[O-].[Au+].[Na+]. The van der Waals surface area contributed by atoms with Gasteiger partial charge in [-0.1, -0.05) is 0 Å². The largest absolute Gasteiger partial charge is 1.00 e. The Kier molecular flexibility index (Phi) is 14.9. The summed E-state index contributed by atoms with van der Waals surface area (Å²) in [5.41, 5.74) is 0. The Labute approximate surface area is 107 Å². The molecule has 0 aliphatic heterocycles. The molecule has 0 fully saturated rings. The number of aliphatic carboxylic acids is 2. The van der Waals surface area contributed by atoms with Crippen molar-refractivity contribution >= 4 is 24.6 Å². The fourth-order valence-electron chi connectivity index (χ4n) is 0.235. The van der Waals surface area contributed by atoms with E-state index in [2.05, 4.69) is 12.6 Å². The fourth-order valence-corrected chi connectivity index (χ4v) is 0.371. The van der Waals surface area contributed by atoms with Gasteiger partial charge in [0.05, 0.1) is 0 Å². The molecule has 0 N–H and O–H groups in total. The Hall–Kier alpha value is 1.03. The van der Waals surface area contributed by atoms with E-state index in [1.54, 1.807) is 0 Å². The smallest absolute Gasteiger partial charge is 0.783 e. The zero-order chi connectivity index (χ0) is 7.44. The minimum Gasteiger partial charge on any atom is -0.783 e. The second-order valence-electron chi connectivity index (χ2n) is 1.38. The number of carboxylic acid groups (broad SMARTS) is 2. The molecule has 0 bridgehead atoms. The molecule has 4 nitrogen and oxygen atoms in total. The number of carbonyl (C=O) groups excluding carboxylic acids is 2. The van der Waals surface area contributed by atoms with Gasteiger partial charge in [0.1, 0.15) is 0 Å². The van der Waals surface area contributed by atoms with E-state index in [0.29, 0.717) is 0 Å². The molecule has 1 atom stereocenters. The third kappa shape index (κ3) is 11.0. The number of carbonyl (C=O) groups is 2. The van der Waals surface area contributed by atoms with E-state index in [4.69, 9.17) is 0 Å². The average Bonchev–Trinajstić information content (AvgIpc) is 1.63. The number of rotatable bonds is 3. The van der Waals surface area contributed by atoms with Gasteiger partial charge < -0.3 is 32.4 Å². The summed E-state index contributed by atoms with van der Waals surface area (Å²) in [5, 5.41) is 18.0. The molecule has 1 unspecified atom stereocenters. The van der Waals surface area contributed by atoms with E-state index in [-0.39, 0.29) is 51.9 Å². The standard InChI is InChI=1S/C4H6O4S.Au.Na/c5-3(6)1-2(9)4(7)8;;/h2,9H,1H2,(H,5,6)(H,7,8);;/q;2*+1/p-3. The molecule has 0 aromatic rings. The molecule has 11 heavy (non-hydrogen) atoms. The van der Waals surface area contributed by atoms with Crippen LogP contribution >= 0.6 is 0 Å². The minimum atomic E-state index is -1.55. The molecule has 0 radical (unpaired) electrons. The second kappa shape index (κ2) is 9.12. The van der Waals surface area contributed by atoms with Crippen molar-refractivity contribution in [1.82, 2.24) is 0 Å². The zero-order valence-electron chi connectivity index (χ0n) is 5.63. The molecule has 7 heteroatoms. The van der Waals surface area contributed by atoms with Crippen LogP contribution in [-0.2, 0) is 44.6 Å². The molecule has 0 aliphatic carbocycles. The van der Waals surface area contributed by atoms with Gasteiger partial charge in [0.15, 0.2) is 0 Å². The predicted molar refractivity (Wildman–Crippen MR) is 25.8 cm³/mol. The number of hydrogen-bond acceptors (Lipinski definition) is 5. The molecule has 0 heterocycles. The monoisotopic (exact) mass is 367 g/mol. The maximum Gasteiger partial charge on any atom is 1.00 e. The summed E-state index contributed by atoms with van der Waals surface area (Å²) in [6, 6.07) is 0. The molecule has 0 spiro atoms. The quantitative estimate of drug-likeness (QED) is 0.367. The third-order valence-electron chi connectivity index (χ3n) is 0.615. The second-order valence-corrected chi connectivity index (χ2v) is 1.95. The van der Waals surface area contributed by atoms with Gasteiger partial charge in [-0.3, -0.25) is 0 Å². The van der Waals surface area contributed by atoms with Crippen molar-refractivity contribution < 1.29 is 71.7 Å². The Bertz CT molecular complexity index is 142. The summed E-state index contributed by atoms with van der Waals surface area (Å²) in [6.07, 6.45) is -0.669. The van der Waals surface area contributed by atoms with Crippen molar-refractivity contribution in [1.29, 1.82) is 0 Å². The van der Waals surface area contributed by atoms with Crippen LogP contribution in [0.25, 0.3) is 0 Å². The third-order valence-corrected chi connectivity index (χ3v) is 0.974. The van der Waals surface area contributed by atoms with Crippen LogP contribution in [0.3, 0.4) is 0 Å². The molecule has 0 aromatic carbocycles. The first-order valence-electron chi connectivity index (χ1n) is 2.10. The van der Waals surface area contributed by atoms with Gasteiger partial charge in [0.2, 0.25) is 0 Å². The van der Waals surface area contributed by atoms with Crippen LogP contribution in [0.2, 0.25) is 0 Å². The first kappa shape index (κ1) is 17.9. The van der Waals surface area contributed by atoms with Crippen LogP contribution in [0.5, 0.6) is 0 Å². The molecule has 0 rings (SSSR count). The zero-order valence-corrected chi connectivity index (χ0v) is 10.6. The van der Waals surface area contributed by atoms with E-state index < -0.39 is 23.6 Å². The van der Waals surface area contributed by atoms with Crippen LogP contribution in [0.15, 0.2) is 0 Å². The predicted octanol–water partition coefficient (Wildman–Crippen LogP) is -6.21. The Morgan fingerprint density at radius 2 is 1.73 bits per heavy atom. The summed E-state index contributed by atoms with van der Waals surface area (Å²) in [7, 11) is 0. The first-order valence-corrected chi connectivity index (χ1v) is 2.57. The van der Waals surface area contributed by atoms with Gasteiger partial charge in [-0.15, -0.1) is 5.25 Å². The van der Waals surface area contributed by atoms with Crippen molar-refractivity contribution in [3.63, 3.8) is 0 Å². The fraction of sp³-hybridized carbons (Fsp3) is 0.500. The van der Waals surface area contributed by atoms with Crippen molar-refractivity contribution in [3.05, 3.63) is 0 Å². The van der Waals surface area contributed by atoms with Gasteiger partial charge in [-0.2, -0.15) is 0 Å². The van der Waals surface area contributed by atoms with E-state index in [1.807, 2.05) is 0 Å². The van der Waals surface area contributed by atoms with Gasteiger partial charge in [0, 0.05) is 11.9 Å². The molecule has 0 amide bonds. The summed E-state index contributed by atoms with van der Waals surface area (Å²) >= 11 is 4.15. The first-order chi connectivity index (χ1) is 4.04. The van der Waals surface area contributed by atoms with E-state index in [0.717, 1.165) is 0 Å². The molecule has 0 saturated carbocycles. The van der Waals surface area contributed by atoms with Crippen LogP contribution in [0.1, 0.15) is 6.42 Å². The molecule has 62 valence electrons. The van der Waals surface area contributed by atoms with Crippen LogP contribution in [-0.4, -0.2) is 17.2 Å². The summed E-state index contributed by atoms with van der Waals surface area (Å²) in [4.78, 5) is 19.4. The normalized spacial score (nSPS) is 10.3. The maximum absolute atomic E-state index is 9.73. The Morgan fingerprint density at radius 1 is 1.36 bits per heavy atom. The minimum absolute atomic E-state index is 0. The van der Waals surface area contributed by atoms with Crippen molar-refractivity contribution in [2.75, 3.05) is 0 Å².